The highest BCUT2D eigenvalue weighted by Crippen LogP contribution is 2.27. The van der Waals surface area contributed by atoms with Gasteiger partial charge in [-0.15, -0.1) is 11.8 Å². The van der Waals surface area contributed by atoms with Crippen LogP contribution in [0, 0.1) is 0 Å². The number of rotatable bonds is 3. The maximum absolute atomic E-state index is 6.16. The number of nitrogen functional groups attached to an aromatic ring is 1. The summed E-state index contributed by atoms with van der Waals surface area (Å²) >= 11 is 7.84. The number of aromatic nitrogens is 1. The Balaban J connectivity index is 1.81. The molecule has 3 rings (SSSR count). The standard InChI is InChI=1S/C16H13ClN2S/c17-14-4-2-1-3-12(14)10-20-16-8-5-11-9-13(18)6-7-15(11)19-16/h1-9H,10,18H2. The number of benzene rings is 2. The van der Waals surface area contributed by atoms with Gasteiger partial charge in [0, 0.05) is 21.8 Å². The fourth-order valence-corrected chi connectivity index (χ4v) is 3.14. The van der Waals surface area contributed by atoms with Crippen molar-refractivity contribution in [2.75, 3.05) is 5.73 Å². The van der Waals surface area contributed by atoms with Crippen molar-refractivity contribution >= 4 is 40.0 Å². The molecular formula is C16H13ClN2S. The van der Waals surface area contributed by atoms with Crippen molar-refractivity contribution in [3.63, 3.8) is 0 Å². The molecule has 2 aromatic carbocycles. The van der Waals surface area contributed by atoms with Crippen molar-refractivity contribution in [2.24, 2.45) is 0 Å². The van der Waals surface area contributed by atoms with E-state index in [0.717, 1.165) is 38.0 Å². The second kappa shape index (κ2) is 5.73. The van der Waals surface area contributed by atoms with Crippen molar-refractivity contribution in [3.8, 4) is 0 Å². The van der Waals surface area contributed by atoms with E-state index in [0.29, 0.717) is 0 Å². The SMILES string of the molecule is Nc1ccc2nc(SCc3ccccc3Cl)ccc2c1. The molecule has 0 amide bonds. The van der Waals surface area contributed by atoms with Gasteiger partial charge in [0.1, 0.15) is 0 Å². The Morgan fingerprint density at radius 3 is 2.75 bits per heavy atom. The molecule has 4 heteroatoms. The lowest BCUT2D eigenvalue weighted by atomic mass is 10.2. The minimum Gasteiger partial charge on any atom is -0.399 e. The van der Waals surface area contributed by atoms with E-state index in [1.54, 1.807) is 11.8 Å². The molecule has 2 nitrogen and oxygen atoms in total. The van der Waals surface area contributed by atoms with Crippen molar-refractivity contribution in [1.82, 2.24) is 4.98 Å². The summed E-state index contributed by atoms with van der Waals surface area (Å²) in [5.74, 6) is 0.813. The number of anilines is 1. The van der Waals surface area contributed by atoms with Crippen LogP contribution >= 0.6 is 23.4 Å². The number of hydrogen-bond acceptors (Lipinski definition) is 3. The van der Waals surface area contributed by atoms with Crippen LogP contribution in [-0.4, -0.2) is 4.98 Å². The van der Waals surface area contributed by atoms with E-state index in [-0.39, 0.29) is 0 Å². The molecule has 100 valence electrons. The molecule has 0 unspecified atom stereocenters. The minimum absolute atomic E-state index is 0.760. The smallest absolute Gasteiger partial charge is 0.0970 e. The van der Waals surface area contributed by atoms with Gasteiger partial charge in [-0.05, 0) is 35.9 Å². The number of thioether (sulfide) groups is 1. The second-order valence-corrected chi connectivity index (χ2v) is 5.88. The lowest BCUT2D eigenvalue weighted by Crippen LogP contribution is -1.88. The molecule has 1 aromatic heterocycles. The summed E-state index contributed by atoms with van der Waals surface area (Å²) < 4.78 is 0. The Hall–Kier alpha value is -1.71. The zero-order valence-corrected chi connectivity index (χ0v) is 12.3. The van der Waals surface area contributed by atoms with Gasteiger partial charge in [-0.25, -0.2) is 4.98 Å². The molecule has 20 heavy (non-hydrogen) atoms. The van der Waals surface area contributed by atoms with Gasteiger partial charge in [0.2, 0.25) is 0 Å². The van der Waals surface area contributed by atoms with Crippen LogP contribution in [0.15, 0.2) is 59.6 Å². The molecular weight excluding hydrogens is 288 g/mol. The molecule has 2 N–H and O–H groups in total. The molecule has 0 aliphatic rings. The first-order valence-electron chi connectivity index (χ1n) is 6.25. The lowest BCUT2D eigenvalue weighted by molar-refractivity contribution is 1.18. The summed E-state index contributed by atoms with van der Waals surface area (Å²) in [5.41, 5.74) is 8.61. The Bertz CT molecular complexity index is 758. The Kier molecular flexibility index (Phi) is 3.81. The van der Waals surface area contributed by atoms with Crippen LogP contribution in [0.5, 0.6) is 0 Å². The number of halogens is 1. The number of pyridine rings is 1. The molecule has 0 radical (unpaired) electrons. The fourth-order valence-electron chi connectivity index (χ4n) is 1.97. The summed E-state index contributed by atoms with van der Waals surface area (Å²) in [7, 11) is 0. The fraction of sp³-hybridized carbons (Fsp3) is 0.0625. The molecule has 0 spiro atoms. The van der Waals surface area contributed by atoms with Gasteiger partial charge in [0.15, 0.2) is 0 Å². The van der Waals surface area contributed by atoms with Crippen LogP contribution in [0.25, 0.3) is 10.9 Å². The van der Waals surface area contributed by atoms with Gasteiger partial charge in [-0.2, -0.15) is 0 Å². The number of nitrogens with zero attached hydrogens (tertiary/aromatic N) is 1. The highest BCUT2D eigenvalue weighted by Gasteiger charge is 2.03. The van der Waals surface area contributed by atoms with Gasteiger partial charge in [0.05, 0.1) is 10.5 Å². The van der Waals surface area contributed by atoms with Gasteiger partial charge < -0.3 is 5.73 Å². The number of nitrogens with two attached hydrogens (primary N) is 1. The summed E-state index contributed by atoms with van der Waals surface area (Å²) in [6.45, 7) is 0. The van der Waals surface area contributed by atoms with Crippen molar-refractivity contribution in [3.05, 3.63) is 65.2 Å². The highest BCUT2D eigenvalue weighted by atomic mass is 35.5. The largest absolute Gasteiger partial charge is 0.399 e. The average molecular weight is 301 g/mol. The molecule has 0 bridgehead atoms. The molecule has 0 atom stereocenters. The molecule has 0 aliphatic heterocycles. The van der Waals surface area contributed by atoms with Gasteiger partial charge in [-0.3, -0.25) is 0 Å². The second-order valence-electron chi connectivity index (χ2n) is 4.48. The van der Waals surface area contributed by atoms with Crippen LogP contribution in [0.2, 0.25) is 5.02 Å². The monoisotopic (exact) mass is 300 g/mol. The minimum atomic E-state index is 0.760. The van der Waals surface area contributed by atoms with E-state index < -0.39 is 0 Å². The summed E-state index contributed by atoms with van der Waals surface area (Å²) in [5, 5.41) is 2.85. The van der Waals surface area contributed by atoms with Crippen molar-refractivity contribution < 1.29 is 0 Å². The van der Waals surface area contributed by atoms with Crippen LogP contribution in [0.3, 0.4) is 0 Å². The third kappa shape index (κ3) is 2.89. The van der Waals surface area contributed by atoms with Crippen LogP contribution < -0.4 is 5.73 Å². The molecule has 0 aliphatic carbocycles. The number of hydrogen-bond donors (Lipinski definition) is 1. The third-order valence-corrected chi connectivity index (χ3v) is 4.37. The van der Waals surface area contributed by atoms with Gasteiger partial charge >= 0.3 is 0 Å². The maximum atomic E-state index is 6.16. The van der Waals surface area contributed by atoms with E-state index in [1.165, 1.54) is 0 Å². The Labute approximate surface area is 127 Å². The topological polar surface area (TPSA) is 38.9 Å². The Morgan fingerprint density at radius 2 is 1.90 bits per heavy atom. The molecule has 3 aromatic rings. The van der Waals surface area contributed by atoms with E-state index in [9.17, 15) is 0 Å². The third-order valence-electron chi connectivity index (χ3n) is 3.02. The van der Waals surface area contributed by atoms with Crippen LogP contribution in [-0.2, 0) is 5.75 Å². The summed E-state index contributed by atoms with van der Waals surface area (Å²) in [4.78, 5) is 4.63. The zero-order chi connectivity index (χ0) is 13.9. The Morgan fingerprint density at radius 1 is 1.05 bits per heavy atom. The van der Waals surface area contributed by atoms with E-state index in [4.69, 9.17) is 17.3 Å². The van der Waals surface area contributed by atoms with Crippen molar-refractivity contribution in [2.45, 2.75) is 10.8 Å². The predicted octanol–water partition coefficient (Wildman–Crippen LogP) is 4.76. The van der Waals surface area contributed by atoms with Crippen molar-refractivity contribution in [1.29, 1.82) is 0 Å². The van der Waals surface area contributed by atoms with Crippen LogP contribution in [0.4, 0.5) is 5.69 Å². The van der Waals surface area contributed by atoms with Gasteiger partial charge in [-0.1, -0.05) is 35.9 Å². The normalized spacial score (nSPS) is 10.8. The molecule has 0 fully saturated rings. The number of fused-ring (bicyclic) bond motifs is 1. The van der Waals surface area contributed by atoms with Crippen LogP contribution in [0.1, 0.15) is 5.56 Å². The maximum Gasteiger partial charge on any atom is 0.0970 e. The summed E-state index contributed by atoms with van der Waals surface area (Å²) in [6.07, 6.45) is 0. The quantitative estimate of drug-likeness (QED) is 0.560. The van der Waals surface area contributed by atoms with Gasteiger partial charge in [0.25, 0.3) is 0 Å². The van der Waals surface area contributed by atoms with E-state index in [2.05, 4.69) is 4.98 Å². The molecule has 0 saturated carbocycles. The first-order chi connectivity index (χ1) is 9.72. The first-order valence-corrected chi connectivity index (χ1v) is 7.61. The van der Waals surface area contributed by atoms with E-state index in [1.807, 2.05) is 54.6 Å². The van der Waals surface area contributed by atoms with E-state index >= 15 is 0 Å². The highest BCUT2D eigenvalue weighted by molar-refractivity contribution is 7.98. The average Bonchev–Trinajstić information content (AvgIpc) is 2.46. The lowest BCUT2D eigenvalue weighted by Gasteiger charge is -2.05. The molecule has 1 heterocycles. The molecule has 0 saturated heterocycles. The summed E-state index contributed by atoms with van der Waals surface area (Å²) in [6, 6.07) is 17.7. The predicted molar refractivity (Wildman–Crippen MR) is 87.2 cm³/mol. The zero-order valence-electron chi connectivity index (χ0n) is 10.7. The first kappa shape index (κ1) is 13.3.